The molecule has 17 heavy (non-hydrogen) atoms. The van der Waals surface area contributed by atoms with Gasteiger partial charge in [-0.3, -0.25) is 4.79 Å². The monoisotopic (exact) mass is 249 g/mol. The van der Waals surface area contributed by atoms with Crippen LogP contribution in [-0.4, -0.2) is 29.1 Å². The third-order valence-electron chi connectivity index (χ3n) is 2.03. The van der Waals surface area contributed by atoms with Gasteiger partial charge in [-0.25, -0.2) is 0 Å². The minimum atomic E-state index is -0.0445. The molecule has 1 rings (SSSR count). The first kappa shape index (κ1) is 13.5. The van der Waals surface area contributed by atoms with Gasteiger partial charge in [-0.1, -0.05) is 18.1 Å². The summed E-state index contributed by atoms with van der Waals surface area (Å²) < 4.78 is 0. The van der Waals surface area contributed by atoms with Crippen LogP contribution < -0.4 is 5.32 Å². The number of carbonyl (C=O) groups excluding carboxylic acids is 1. The van der Waals surface area contributed by atoms with Crippen molar-refractivity contribution >= 4 is 17.7 Å². The van der Waals surface area contributed by atoms with Gasteiger partial charge in [0, 0.05) is 12.3 Å². The van der Waals surface area contributed by atoms with E-state index in [9.17, 15) is 9.90 Å². The molecule has 1 aromatic carbocycles. The molecule has 0 fully saturated rings. The molecule has 90 valence electrons. The number of hydrogen-bond acceptors (Lipinski definition) is 3. The Morgan fingerprint density at radius 1 is 1.53 bits per heavy atom. The summed E-state index contributed by atoms with van der Waals surface area (Å²) in [5.41, 5.74) is 0.804. The largest absolute Gasteiger partial charge is 0.508 e. The second kappa shape index (κ2) is 7.64. The molecule has 0 aromatic heterocycles. The van der Waals surface area contributed by atoms with E-state index in [4.69, 9.17) is 6.42 Å². The number of nitrogens with one attached hydrogen (secondary N) is 1. The predicted octanol–water partition coefficient (Wildman–Crippen LogP) is 1.42. The number of carbonyl (C=O) groups is 1. The zero-order valence-corrected chi connectivity index (χ0v) is 10.3. The number of terminal acetylenes is 1. The summed E-state index contributed by atoms with van der Waals surface area (Å²) in [5, 5.41) is 12.0. The number of rotatable bonds is 6. The van der Waals surface area contributed by atoms with E-state index in [0.717, 1.165) is 11.3 Å². The quantitative estimate of drug-likeness (QED) is 0.592. The molecule has 0 bridgehead atoms. The summed E-state index contributed by atoms with van der Waals surface area (Å²) in [4.78, 5) is 11.5. The van der Waals surface area contributed by atoms with Gasteiger partial charge >= 0.3 is 0 Å². The summed E-state index contributed by atoms with van der Waals surface area (Å²) in [7, 11) is 0. The van der Waals surface area contributed by atoms with Gasteiger partial charge in [0.2, 0.25) is 5.91 Å². The van der Waals surface area contributed by atoms with Crippen molar-refractivity contribution < 1.29 is 9.90 Å². The van der Waals surface area contributed by atoms with E-state index in [0.29, 0.717) is 12.3 Å². The molecule has 2 N–H and O–H groups in total. The van der Waals surface area contributed by atoms with Crippen LogP contribution in [0.4, 0.5) is 0 Å². The average Bonchev–Trinajstić information content (AvgIpc) is 2.29. The number of benzene rings is 1. The summed E-state index contributed by atoms with van der Waals surface area (Å²) in [5.74, 6) is 4.14. The van der Waals surface area contributed by atoms with E-state index in [1.807, 2.05) is 6.07 Å². The van der Waals surface area contributed by atoms with Gasteiger partial charge in [-0.15, -0.1) is 18.2 Å². The van der Waals surface area contributed by atoms with Crippen LogP contribution in [-0.2, 0) is 11.2 Å². The molecule has 0 atom stereocenters. The highest BCUT2D eigenvalue weighted by Gasteiger charge is 2.02. The predicted molar refractivity (Wildman–Crippen MR) is 71.0 cm³/mol. The van der Waals surface area contributed by atoms with Crippen molar-refractivity contribution in [1.29, 1.82) is 0 Å². The SMILES string of the molecule is C#CCSCCNC(=O)Cc1cccc(O)c1. The van der Waals surface area contributed by atoms with E-state index < -0.39 is 0 Å². The van der Waals surface area contributed by atoms with Crippen LogP contribution >= 0.6 is 11.8 Å². The van der Waals surface area contributed by atoms with Crippen molar-refractivity contribution in [2.45, 2.75) is 6.42 Å². The van der Waals surface area contributed by atoms with Gasteiger partial charge in [-0.05, 0) is 17.7 Å². The Morgan fingerprint density at radius 2 is 2.35 bits per heavy atom. The summed E-state index contributed by atoms with van der Waals surface area (Å²) >= 11 is 1.61. The summed E-state index contributed by atoms with van der Waals surface area (Å²) in [6.45, 7) is 0.615. The highest BCUT2D eigenvalue weighted by molar-refractivity contribution is 7.99. The maximum Gasteiger partial charge on any atom is 0.224 e. The number of phenolic OH excluding ortho intramolecular Hbond substituents is 1. The Morgan fingerprint density at radius 3 is 3.06 bits per heavy atom. The molecule has 3 nitrogen and oxygen atoms in total. The Bertz CT molecular complexity index is 412. The van der Waals surface area contributed by atoms with Crippen LogP contribution in [0.2, 0.25) is 0 Å². The van der Waals surface area contributed by atoms with Crippen LogP contribution in [0.25, 0.3) is 0 Å². The van der Waals surface area contributed by atoms with Crippen LogP contribution in [0.1, 0.15) is 5.56 Å². The topological polar surface area (TPSA) is 49.3 Å². The second-order valence-corrected chi connectivity index (χ2v) is 4.56. The average molecular weight is 249 g/mol. The zero-order valence-electron chi connectivity index (χ0n) is 9.48. The van der Waals surface area contributed by atoms with Crippen molar-refractivity contribution in [3.8, 4) is 18.1 Å². The molecule has 0 unspecified atom stereocenters. The summed E-state index contributed by atoms with van der Waals surface area (Å²) in [6, 6.07) is 6.71. The molecule has 0 heterocycles. The van der Waals surface area contributed by atoms with Gasteiger partial charge in [0.15, 0.2) is 0 Å². The van der Waals surface area contributed by atoms with Crippen LogP contribution in [0, 0.1) is 12.3 Å². The lowest BCUT2D eigenvalue weighted by atomic mass is 10.1. The van der Waals surface area contributed by atoms with Crippen molar-refractivity contribution in [2.75, 3.05) is 18.1 Å². The Labute approximate surface area is 106 Å². The lowest BCUT2D eigenvalue weighted by Gasteiger charge is -2.04. The van der Waals surface area contributed by atoms with Crippen LogP contribution in [0.3, 0.4) is 0 Å². The van der Waals surface area contributed by atoms with Crippen LogP contribution in [0.15, 0.2) is 24.3 Å². The number of amides is 1. The van der Waals surface area contributed by atoms with E-state index in [1.165, 1.54) is 0 Å². The van der Waals surface area contributed by atoms with Crippen molar-refractivity contribution in [3.05, 3.63) is 29.8 Å². The molecule has 0 saturated carbocycles. The number of thioether (sulfide) groups is 1. The Hall–Kier alpha value is -1.60. The standard InChI is InChI=1S/C13H15NO2S/c1-2-7-17-8-6-14-13(16)10-11-4-3-5-12(15)9-11/h1,3-5,9,15H,6-8,10H2,(H,14,16). The first-order valence-electron chi connectivity index (χ1n) is 5.28. The van der Waals surface area contributed by atoms with E-state index in [1.54, 1.807) is 30.0 Å². The molecule has 0 spiro atoms. The minimum absolute atomic E-state index is 0.0445. The molecule has 0 radical (unpaired) electrons. The van der Waals surface area contributed by atoms with Crippen molar-refractivity contribution in [1.82, 2.24) is 5.32 Å². The number of aromatic hydroxyl groups is 1. The molecule has 0 saturated heterocycles. The fourth-order valence-electron chi connectivity index (χ4n) is 1.31. The lowest BCUT2D eigenvalue weighted by Crippen LogP contribution is -2.27. The molecule has 0 aliphatic carbocycles. The fourth-order valence-corrected chi connectivity index (χ4v) is 1.82. The Balaban J connectivity index is 2.23. The highest BCUT2D eigenvalue weighted by Crippen LogP contribution is 2.11. The molecular formula is C13H15NO2S. The fraction of sp³-hybridized carbons (Fsp3) is 0.308. The zero-order chi connectivity index (χ0) is 12.5. The molecule has 1 aromatic rings. The van der Waals surface area contributed by atoms with Gasteiger partial charge in [0.05, 0.1) is 12.2 Å². The summed E-state index contributed by atoms with van der Waals surface area (Å²) in [6.07, 6.45) is 5.39. The maximum absolute atomic E-state index is 11.5. The number of phenols is 1. The normalized spacial score (nSPS) is 9.59. The minimum Gasteiger partial charge on any atom is -0.508 e. The molecule has 4 heteroatoms. The third kappa shape index (κ3) is 5.88. The maximum atomic E-state index is 11.5. The molecule has 1 amide bonds. The van der Waals surface area contributed by atoms with Gasteiger partial charge in [-0.2, -0.15) is 0 Å². The van der Waals surface area contributed by atoms with Crippen molar-refractivity contribution in [3.63, 3.8) is 0 Å². The molecule has 0 aliphatic rings. The van der Waals surface area contributed by atoms with Gasteiger partial charge < -0.3 is 10.4 Å². The lowest BCUT2D eigenvalue weighted by molar-refractivity contribution is -0.120. The van der Waals surface area contributed by atoms with E-state index in [-0.39, 0.29) is 18.1 Å². The van der Waals surface area contributed by atoms with Crippen molar-refractivity contribution in [2.24, 2.45) is 0 Å². The van der Waals surface area contributed by atoms with Crippen LogP contribution in [0.5, 0.6) is 5.75 Å². The smallest absolute Gasteiger partial charge is 0.224 e. The highest BCUT2D eigenvalue weighted by atomic mass is 32.2. The van der Waals surface area contributed by atoms with E-state index >= 15 is 0 Å². The second-order valence-electron chi connectivity index (χ2n) is 3.45. The number of hydrogen-bond donors (Lipinski definition) is 2. The van der Waals surface area contributed by atoms with Gasteiger partial charge in [0.1, 0.15) is 5.75 Å². The first-order valence-corrected chi connectivity index (χ1v) is 6.43. The molecular weight excluding hydrogens is 234 g/mol. The van der Waals surface area contributed by atoms with Gasteiger partial charge in [0.25, 0.3) is 0 Å². The Kier molecular flexibility index (Phi) is 6.05. The molecule has 0 aliphatic heterocycles. The first-order chi connectivity index (χ1) is 8.22. The third-order valence-corrected chi connectivity index (χ3v) is 2.89. The van der Waals surface area contributed by atoms with E-state index in [2.05, 4.69) is 11.2 Å².